The van der Waals surface area contributed by atoms with Gasteiger partial charge in [0.2, 0.25) is 0 Å². The first-order chi connectivity index (χ1) is 15.9. The number of nitrogens with zero attached hydrogens (tertiary/aromatic N) is 1. The summed E-state index contributed by atoms with van der Waals surface area (Å²) >= 11 is 0. The fraction of sp³-hybridized carbons (Fsp3) is 0.269. The molecule has 0 amide bonds. The van der Waals surface area contributed by atoms with Crippen LogP contribution in [0.5, 0.6) is 17.2 Å². The molecule has 172 valence electrons. The first-order valence-corrected chi connectivity index (χ1v) is 10.4. The Labute approximate surface area is 193 Å². The Kier molecular flexibility index (Phi) is 9.72. The summed E-state index contributed by atoms with van der Waals surface area (Å²) in [6.07, 6.45) is 5.20. The molecule has 0 bridgehead atoms. The Morgan fingerprint density at radius 1 is 1.06 bits per heavy atom. The van der Waals surface area contributed by atoms with Crippen LogP contribution < -0.4 is 14.2 Å². The fourth-order valence-corrected chi connectivity index (χ4v) is 2.71. The van der Waals surface area contributed by atoms with Crippen molar-refractivity contribution >= 4 is 24.1 Å². The average Bonchev–Trinajstić information content (AvgIpc) is 2.81. The molecule has 0 heterocycles. The van der Waals surface area contributed by atoms with E-state index in [4.69, 9.17) is 19.5 Å². The molecule has 0 aliphatic rings. The lowest BCUT2D eigenvalue weighted by atomic mass is 10.1. The van der Waals surface area contributed by atoms with Crippen molar-refractivity contribution in [1.82, 2.24) is 0 Å². The van der Waals surface area contributed by atoms with Crippen LogP contribution in [-0.4, -0.2) is 32.8 Å². The maximum absolute atomic E-state index is 12.2. The predicted molar refractivity (Wildman–Crippen MR) is 125 cm³/mol. The van der Waals surface area contributed by atoms with Crippen molar-refractivity contribution in [1.29, 1.82) is 5.26 Å². The van der Waals surface area contributed by atoms with Gasteiger partial charge < -0.3 is 18.9 Å². The minimum absolute atomic E-state index is 0.161. The van der Waals surface area contributed by atoms with Crippen LogP contribution in [0.2, 0.25) is 0 Å². The summed E-state index contributed by atoms with van der Waals surface area (Å²) in [4.78, 5) is 23.8. The number of rotatable bonds is 10. The highest BCUT2D eigenvalue weighted by Gasteiger charge is 2.10. The van der Waals surface area contributed by atoms with Crippen LogP contribution in [0.1, 0.15) is 31.4 Å². The average molecular weight is 450 g/mol. The Morgan fingerprint density at radius 3 is 2.52 bits per heavy atom. The van der Waals surface area contributed by atoms with Gasteiger partial charge in [0.05, 0.1) is 20.8 Å². The third-order valence-electron chi connectivity index (χ3n) is 4.47. The zero-order valence-electron chi connectivity index (χ0n) is 19.2. The van der Waals surface area contributed by atoms with Gasteiger partial charge in [0.25, 0.3) is 0 Å². The summed E-state index contributed by atoms with van der Waals surface area (Å²) in [5.74, 6) is 0.712. The maximum atomic E-state index is 12.2. The minimum Gasteiger partial charge on any atom is -0.493 e. The van der Waals surface area contributed by atoms with E-state index in [2.05, 4.69) is 18.6 Å². The second-order valence-corrected chi connectivity index (χ2v) is 7.43. The van der Waals surface area contributed by atoms with Crippen molar-refractivity contribution in [2.75, 3.05) is 20.8 Å². The quantitative estimate of drug-likeness (QED) is 0.222. The third-order valence-corrected chi connectivity index (χ3v) is 4.47. The number of hydrogen-bond donors (Lipinski definition) is 0. The molecule has 0 spiro atoms. The number of carbonyl (C=O) groups is 2. The molecule has 0 N–H and O–H groups in total. The van der Waals surface area contributed by atoms with Gasteiger partial charge in [-0.1, -0.05) is 32.0 Å². The number of esters is 2. The fourth-order valence-electron chi connectivity index (χ4n) is 2.71. The molecular weight excluding hydrogens is 422 g/mol. The van der Waals surface area contributed by atoms with Crippen LogP contribution in [0, 0.1) is 17.2 Å². The number of ether oxygens (including phenoxy) is 4. The van der Waals surface area contributed by atoms with Crippen LogP contribution in [0.3, 0.4) is 0 Å². The van der Waals surface area contributed by atoms with Gasteiger partial charge in [-0.3, -0.25) is 0 Å². The van der Waals surface area contributed by atoms with Gasteiger partial charge in [-0.15, -0.1) is 0 Å². The molecule has 0 aliphatic heterocycles. The summed E-state index contributed by atoms with van der Waals surface area (Å²) < 4.78 is 21.0. The highest BCUT2D eigenvalue weighted by Crippen LogP contribution is 2.29. The van der Waals surface area contributed by atoms with Crippen molar-refractivity contribution in [3.05, 3.63) is 65.2 Å². The monoisotopic (exact) mass is 449 g/mol. The van der Waals surface area contributed by atoms with E-state index in [1.807, 2.05) is 6.07 Å². The van der Waals surface area contributed by atoms with E-state index < -0.39 is 11.9 Å². The Balaban J connectivity index is 2.06. The molecule has 0 fully saturated rings. The molecule has 2 aromatic rings. The minimum atomic E-state index is -0.741. The summed E-state index contributed by atoms with van der Waals surface area (Å²) in [5.41, 5.74) is 1.10. The predicted octanol–water partition coefficient (Wildman–Crippen LogP) is 4.82. The van der Waals surface area contributed by atoms with Gasteiger partial charge in [0, 0.05) is 6.08 Å². The topological polar surface area (TPSA) is 94.9 Å². The normalized spacial score (nSPS) is 11.2. The van der Waals surface area contributed by atoms with Gasteiger partial charge >= 0.3 is 11.9 Å². The highest BCUT2D eigenvalue weighted by atomic mass is 16.5. The lowest BCUT2D eigenvalue weighted by molar-refractivity contribution is -0.135. The summed E-state index contributed by atoms with van der Waals surface area (Å²) in [6, 6.07) is 13.6. The van der Waals surface area contributed by atoms with Crippen LogP contribution in [0.4, 0.5) is 0 Å². The lowest BCUT2D eigenvalue weighted by Gasteiger charge is -2.12. The molecule has 0 aliphatic carbocycles. The molecule has 0 unspecified atom stereocenters. The summed E-state index contributed by atoms with van der Waals surface area (Å²) in [5, 5.41) is 9.07. The molecule has 33 heavy (non-hydrogen) atoms. The second kappa shape index (κ2) is 12.7. The SMILES string of the molecule is COC(=O)/C(C#N)=C/c1cccc(OC(=O)/C=C/c2ccc(OCCC(C)C)c(OC)c2)c1. The van der Waals surface area contributed by atoms with Crippen LogP contribution in [0.25, 0.3) is 12.2 Å². The van der Waals surface area contributed by atoms with E-state index in [9.17, 15) is 9.59 Å². The van der Waals surface area contributed by atoms with Gasteiger partial charge in [0.1, 0.15) is 17.4 Å². The molecule has 7 heteroatoms. The van der Waals surface area contributed by atoms with Crippen molar-refractivity contribution < 1.29 is 28.5 Å². The van der Waals surface area contributed by atoms with Gasteiger partial charge in [-0.05, 0) is 59.9 Å². The van der Waals surface area contributed by atoms with E-state index in [0.717, 1.165) is 12.0 Å². The van der Waals surface area contributed by atoms with Crippen molar-refractivity contribution in [2.45, 2.75) is 20.3 Å². The molecular formula is C26H27NO6. The number of benzene rings is 2. The molecule has 0 radical (unpaired) electrons. The molecule has 0 saturated heterocycles. The van der Waals surface area contributed by atoms with E-state index in [1.165, 1.54) is 19.3 Å². The largest absolute Gasteiger partial charge is 0.493 e. The Hall–Kier alpha value is -4.05. The number of carbonyl (C=O) groups excluding carboxylic acids is 2. The molecule has 2 rings (SSSR count). The number of hydrogen-bond acceptors (Lipinski definition) is 7. The van der Waals surface area contributed by atoms with E-state index in [1.54, 1.807) is 55.7 Å². The van der Waals surface area contributed by atoms with Crippen LogP contribution in [0.15, 0.2) is 54.1 Å². The maximum Gasteiger partial charge on any atom is 0.348 e. The first-order valence-electron chi connectivity index (χ1n) is 10.4. The third kappa shape index (κ3) is 8.19. The van der Waals surface area contributed by atoms with Gasteiger partial charge in [-0.2, -0.15) is 5.26 Å². The lowest BCUT2D eigenvalue weighted by Crippen LogP contribution is -2.04. The molecule has 0 saturated carbocycles. The van der Waals surface area contributed by atoms with E-state index in [-0.39, 0.29) is 11.3 Å². The molecule has 0 aromatic heterocycles. The number of nitriles is 1. The molecule has 7 nitrogen and oxygen atoms in total. The van der Waals surface area contributed by atoms with Crippen molar-refractivity contribution in [3.8, 4) is 23.3 Å². The van der Waals surface area contributed by atoms with Crippen molar-refractivity contribution in [3.63, 3.8) is 0 Å². The first kappa shape index (κ1) is 25.2. The van der Waals surface area contributed by atoms with Crippen LogP contribution >= 0.6 is 0 Å². The Bertz CT molecular complexity index is 1080. The molecule has 2 aromatic carbocycles. The van der Waals surface area contributed by atoms with Gasteiger partial charge in [0.15, 0.2) is 11.5 Å². The Morgan fingerprint density at radius 2 is 1.85 bits per heavy atom. The summed E-state index contributed by atoms with van der Waals surface area (Å²) in [7, 11) is 2.76. The van der Waals surface area contributed by atoms with E-state index >= 15 is 0 Å². The number of methoxy groups -OCH3 is 2. The van der Waals surface area contributed by atoms with Crippen LogP contribution in [-0.2, 0) is 14.3 Å². The zero-order valence-corrected chi connectivity index (χ0v) is 19.2. The van der Waals surface area contributed by atoms with Gasteiger partial charge in [-0.25, -0.2) is 9.59 Å². The van der Waals surface area contributed by atoms with Crippen molar-refractivity contribution in [2.24, 2.45) is 5.92 Å². The standard InChI is InChI=1S/C26H27NO6/c1-18(2)12-13-32-23-10-8-19(16-24(23)30-3)9-11-25(28)33-22-7-5-6-20(15-22)14-21(17-27)26(29)31-4/h5-11,14-16,18H,12-13H2,1-4H3/b11-9+,21-14+. The van der Waals surface area contributed by atoms with E-state index in [0.29, 0.717) is 29.6 Å². The summed E-state index contributed by atoms with van der Waals surface area (Å²) in [6.45, 7) is 4.86. The highest BCUT2D eigenvalue weighted by molar-refractivity contribution is 5.97. The second-order valence-electron chi connectivity index (χ2n) is 7.43. The zero-order chi connectivity index (χ0) is 24.2. The molecule has 0 atom stereocenters. The smallest absolute Gasteiger partial charge is 0.348 e.